The molecule has 0 bridgehead atoms. The van der Waals surface area contributed by atoms with Crippen molar-refractivity contribution in [1.29, 1.82) is 0 Å². The SMILES string of the molecule is CCNC(=O)N1CCN(Cc2ccc(-n3ccnc3)nc2)CC1. The molecule has 7 heteroatoms. The van der Waals surface area contributed by atoms with E-state index in [0.717, 1.165) is 38.5 Å². The maximum atomic E-state index is 11.8. The number of urea groups is 1. The highest BCUT2D eigenvalue weighted by Crippen LogP contribution is 2.10. The molecule has 3 rings (SSSR count). The van der Waals surface area contributed by atoms with Crippen LogP contribution in [0.25, 0.3) is 5.82 Å². The molecule has 1 aliphatic heterocycles. The second-order valence-electron chi connectivity index (χ2n) is 5.59. The van der Waals surface area contributed by atoms with Gasteiger partial charge < -0.3 is 10.2 Å². The average Bonchev–Trinajstić information content (AvgIpc) is 3.11. The zero-order chi connectivity index (χ0) is 16.1. The van der Waals surface area contributed by atoms with Gasteiger partial charge in [-0.1, -0.05) is 6.07 Å². The zero-order valence-corrected chi connectivity index (χ0v) is 13.4. The molecule has 7 nitrogen and oxygen atoms in total. The van der Waals surface area contributed by atoms with Crippen LogP contribution in [0.1, 0.15) is 12.5 Å². The minimum atomic E-state index is 0.0403. The quantitative estimate of drug-likeness (QED) is 0.918. The highest BCUT2D eigenvalue weighted by atomic mass is 16.2. The summed E-state index contributed by atoms with van der Waals surface area (Å²) >= 11 is 0. The molecule has 0 saturated carbocycles. The largest absolute Gasteiger partial charge is 0.338 e. The first-order chi connectivity index (χ1) is 11.3. The van der Waals surface area contributed by atoms with Crippen molar-refractivity contribution in [2.45, 2.75) is 13.5 Å². The molecule has 0 atom stereocenters. The molecule has 2 aromatic rings. The fraction of sp³-hybridized carbons (Fsp3) is 0.438. The van der Waals surface area contributed by atoms with Gasteiger partial charge in [0.1, 0.15) is 12.1 Å². The number of imidazole rings is 1. The number of pyridine rings is 1. The van der Waals surface area contributed by atoms with E-state index in [0.29, 0.717) is 6.54 Å². The summed E-state index contributed by atoms with van der Waals surface area (Å²) in [6, 6.07) is 4.14. The van der Waals surface area contributed by atoms with Crippen LogP contribution in [0.4, 0.5) is 4.79 Å². The third kappa shape index (κ3) is 3.87. The molecule has 3 heterocycles. The predicted octanol–water partition coefficient (Wildman–Crippen LogP) is 1.11. The fourth-order valence-corrected chi connectivity index (χ4v) is 2.69. The Bertz CT molecular complexity index is 617. The zero-order valence-electron chi connectivity index (χ0n) is 13.4. The Morgan fingerprint density at radius 2 is 2.09 bits per heavy atom. The lowest BCUT2D eigenvalue weighted by molar-refractivity contribution is 0.135. The molecule has 1 saturated heterocycles. The highest BCUT2D eigenvalue weighted by molar-refractivity contribution is 5.74. The first kappa shape index (κ1) is 15.5. The second-order valence-corrected chi connectivity index (χ2v) is 5.59. The van der Waals surface area contributed by atoms with E-state index >= 15 is 0 Å². The predicted molar refractivity (Wildman–Crippen MR) is 87.3 cm³/mol. The Kier molecular flexibility index (Phi) is 4.87. The number of amides is 2. The van der Waals surface area contributed by atoms with Crippen LogP contribution in [0.5, 0.6) is 0 Å². The van der Waals surface area contributed by atoms with Crippen molar-refractivity contribution in [2.24, 2.45) is 0 Å². The van der Waals surface area contributed by atoms with E-state index in [1.54, 1.807) is 12.5 Å². The minimum Gasteiger partial charge on any atom is -0.338 e. The Hall–Kier alpha value is -2.41. The number of hydrogen-bond acceptors (Lipinski definition) is 4. The first-order valence-electron chi connectivity index (χ1n) is 7.94. The Morgan fingerprint density at radius 1 is 1.26 bits per heavy atom. The van der Waals surface area contributed by atoms with Crippen molar-refractivity contribution in [2.75, 3.05) is 32.7 Å². The van der Waals surface area contributed by atoms with Crippen LogP contribution in [0.15, 0.2) is 37.1 Å². The van der Waals surface area contributed by atoms with Crippen molar-refractivity contribution in [3.8, 4) is 5.82 Å². The molecule has 0 radical (unpaired) electrons. The van der Waals surface area contributed by atoms with Crippen molar-refractivity contribution >= 4 is 6.03 Å². The van der Waals surface area contributed by atoms with Crippen molar-refractivity contribution < 1.29 is 4.79 Å². The number of nitrogens with zero attached hydrogens (tertiary/aromatic N) is 5. The van der Waals surface area contributed by atoms with E-state index in [1.165, 1.54) is 5.56 Å². The standard InChI is InChI=1S/C16H22N6O/c1-2-18-16(23)21-9-7-20(8-10-21)12-14-3-4-15(19-11-14)22-6-5-17-13-22/h3-6,11,13H,2,7-10,12H2,1H3,(H,18,23). The van der Waals surface area contributed by atoms with Gasteiger partial charge in [0, 0.05) is 57.9 Å². The van der Waals surface area contributed by atoms with Crippen molar-refractivity contribution in [1.82, 2.24) is 29.7 Å². The van der Waals surface area contributed by atoms with E-state index < -0.39 is 0 Å². The van der Waals surface area contributed by atoms with Gasteiger partial charge in [-0.3, -0.25) is 9.47 Å². The van der Waals surface area contributed by atoms with E-state index in [1.807, 2.05) is 34.9 Å². The smallest absolute Gasteiger partial charge is 0.317 e. The molecule has 23 heavy (non-hydrogen) atoms. The van der Waals surface area contributed by atoms with E-state index in [2.05, 4.69) is 26.3 Å². The lowest BCUT2D eigenvalue weighted by Gasteiger charge is -2.34. The molecule has 122 valence electrons. The molecule has 2 aromatic heterocycles. The summed E-state index contributed by atoms with van der Waals surface area (Å²) in [5.41, 5.74) is 1.18. The molecule has 1 fully saturated rings. The van der Waals surface area contributed by atoms with Gasteiger partial charge in [0.15, 0.2) is 0 Å². The number of aromatic nitrogens is 3. The van der Waals surface area contributed by atoms with Gasteiger partial charge in [-0.25, -0.2) is 14.8 Å². The third-order valence-corrected chi connectivity index (χ3v) is 3.97. The van der Waals surface area contributed by atoms with Gasteiger partial charge in [-0.05, 0) is 18.6 Å². The third-order valence-electron chi connectivity index (χ3n) is 3.97. The maximum absolute atomic E-state index is 11.8. The normalized spacial score (nSPS) is 15.6. The van der Waals surface area contributed by atoms with E-state index in [4.69, 9.17) is 0 Å². The molecule has 0 spiro atoms. The van der Waals surface area contributed by atoms with Gasteiger partial charge in [0.05, 0.1) is 0 Å². The molecule has 0 aromatic carbocycles. The number of piperazine rings is 1. The lowest BCUT2D eigenvalue weighted by atomic mass is 10.2. The van der Waals surface area contributed by atoms with Gasteiger partial charge in [-0.2, -0.15) is 0 Å². The topological polar surface area (TPSA) is 66.3 Å². The van der Waals surface area contributed by atoms with Gasteiger partial charge in [0.25, 0.3) is 0 Å². The summed E-state index contributed by atoms with van der Waals surface area (Å²) in [5.74, 6) is 0.868. The molecule has 0 aliphatic carbocycles. The van der Waals surface area contributed by atoms with E-state index in [-0.39, 0.29) is 6.03 Å². The summed E-state index contributed by atoms with van der Waals surface area (Å²) in [4.78, 5) is 24.5. The van der Waals surface area contributed by atoms with Crippen LogP contribution >= 0.6 is 0 Å². The summed E-state index contributed by atoms with van der Waals surface area (Å²) in [7, 11) is 0. The van der Waals surface area contributed by atoms with Crippen LogP contribution in [0.3, 0.4) is 0 Å². The maximum Gasteiger partial charge on any atom is 0.317 e. The van der Waals surface area contributed by atoms with Crippen LogP contribution in [0, 0.1) is 0 Å². The van der Waals surface area contributed by atoms with Crippen LogP contribution in [-0.4, -0.2) is 63.1 Å². The van der Waals surface area contributed by atoms with Crippen LogP contribution in [-0.2, 0) is 6.54 Å². The summed E-state index contributed by atoms with van der Waals surface area (Å²) in [6.07, 6.45) is 7.26. The Labute approximate surface area is 135 Å². The average molecular weight is 314 g/mol. The number of hydrogen-bond donors (Lipinski definition) is 1. The minimum absolute atomic E-state index is 0.0403. The second kappa shape index (κ2) is 7.23. The number of carbonyl (C=O) groups excluding carboxylic acids is 1. The molecule has 2 amide bonds. The summed E-state index contributed by atoms with van der Waals surface area (Å²) < 4.78 is 1.88. The number of carbonyl (C=O) groups is 1. The van der Waals surface area contributed by atoms with Crippen molar-refractivity contribution in [3.05, 3.63) is 42.6 Å². The van der Waals surface area contributed by atoms with Crippen LogP contribution in [0.2, 0.25) is 0 Å². The van der Waals surface area contributed by atoms with Gasteiger partial charge in [0.2, 0.25) is 0 Å². The number of nitrogens with one attached hydrogen (secondary N) is 1. The fourth-order valence-electron chi connectivity index (χ4n) is 2.69. The van der Waals surface area contributed by atoms with Crippen molar-refractivity contribution in [3.63, 3.8) is 0 Å². The molecule has 1 N–H and O–H groups in total. The molecule has 1 aliphatic rings. The number of rotatable bonds is 4. The Morgan fingerprint density at radius 3 is 2.70 bits per heavy atom. The highest BCUT2D eigenvalue weighted by Gasteiger charge is 2.20. The van der Waals surface area contributed by atoms with Gasteiger partial charge in [-0.15, -0.1) is 0 Å². The van der Waals surface area contributed by atoms with E-state index in [9.17, 15) is 4.79 Å². The lowest BCUT2D eigenvalue weighted by Crippen LogP contribution is -2.51. The molecular formula is C16H22N6O. The summed E-state index contributed by atoms with van der Waals surface area (Å²) in [5, 5.41) is 2.85. The van der Waals surface area contributed by atoms with Gasteiger partial charge >= 0.3 is 6.03 Å². The summed E-state index contributed by atoms with van der Waals surface area (Å²) in [6.45, 7) is 6.79. The monoisotopic (exact) mass is 314 g/mol. The molecular weight excluding hydrogens is 292 g/mol. The van der Waals surface area contributed by atoms with Crippen LogP contribution < -0.4 is 5.32 Å². The molecule has 0 unspecified atom stereocenters. The Balaban J connectivity index is 1.52. The first-order valence-corrected chi connectivity index (χ1v) is 7.94.